The van der Waals surface area contributed by atoms with Crippen molar-refractivity contribution >= 4 is 11.6 Å². The molecular formula is C22H26N4O3. The zero-order valence-corrected chi connectivity index (χ0v) is 16.7. The third-order valence-corrected chi connectivity index (χ3v) is 5.23. The number of carbonyl (C=O) groups is 1. The van der Waals surface area contributed by atoms with E-state index >= 15 is 0 Å². The highest BCUT2D eigenvalue weighted by molar-refractivity contribution is 5.90. The fraction of sp³-hybridized carbons (Fsp3) is 0.409. The maximum Gasteiger partial charge on any atom is 0.337 e. The minimum atomic E-state index is -0.369. The summed E-state index contributed by atoms with van der Waals surface area (Å²) in [6, 6.07) is 11.0. The maximum absolute atomic E-state index is 11.8. The van der Waals surface area contributed by atoms with Crippen molar-refractivity contribution < 1.29 is 14.3 Å². The number of methoxy groups -OCH3 is 1. The standard InChI is InChI=1S/C22H26N4O3/c1-28-22(27)18-8-5-7-17(15-18)19-16-23-20-9-10-21(24-26(19)20)29-14-6-13-25-11-3-2-4-12-25/h5,7-10,15-16H,2-4,6,11-14H2,1H3. The van der Waals surface area contributed by atoms with Gasteiger partial charge < -0.3 is 14.4 Å². The van der Waals surface area contributed by atoms with Crippen molar-refractivity contribution in [2.24, 2.45) is 0 Å². The van der Waals surface area contributed by atoms with E-state index in [-0.39, 0.29) is 5.97 Å². The Morgan fingerprint density at radius 2 is 2.00 bits per heavy atom. The van der Waals surface area contributed by atoms with Crippen molar-refractivity contribution in [3.05, 3.63) is 48.2 Å². The molecule has 0 bridgehead atoms. The highest BCUT2D eigenvalue weighted by Gasteiger charge is 2.12. The van der Waals surface area contributed by atoms with Gasteiger partial charge in [0.2, 0.25) is 5.88 Å². The Morgan fingerprint density at radius 3 is 2.83 bits per heavy atom. The van der Waals surface area contributed by atoms with Crippen molar-refractivity contribution in [2.45, 2.75) is 25.7 Å². The average molecular weight is 394 g/mol. The van der Waals surface area contributed by atoms with Crippen molar-refractivity contribution in [3.8, 4) is 17.1 Å². The van der Waals surface area contributed by atoms with Gasteiger partial charge >= 0.3 is 5.97 Å². The van der Waals surface area contributed by atoms with Crippen LogP contribution in [0.2, 0.25) is 0 Å². The molecule has 0 spiro atoms. The Morgan fingerprint density at radius 1 is 1.14 bits per heavy atom. The molecule has 2 aromatic heterocycles. The van der Waals surface area contributed by atoms with Gasteiger partial charge in [-0.1, -0.05) is 18.6 Å². The second-order valence-corrected chi connectivity index (χ2v) is 7.26. The van der Waals surface area contributed by atoms with Crippen molar-refractivity contribution in [1.82, 2.24) is 19.5 Å². The van der Waals surface area contributed by atoms with Gasteiger partial charge in [-0.05, 0) is 50.6 Å². The summed E-state index contributed by atoms with van der Waals surface area (Å²) in [6.45, 7) is 4.11. The Kier molecular flexibility index (Phi) is 6.05. The minimum Gasteiger partial charge on any atom is -0.477 e. The molecule has 0 N–H and O–H groups in total. The van der Waals surface area contributed by atoms with Gasteiger partial charge in [0.15, 0.2) is 5.65 Å². The largest absolute Gasteiger partial charge is 0.477 e. The molecule has 1 aromatic carbocycles. The number of nitrogens with zero attached hydrogens (tertiary/aromatic N) is 4. The summed E-state index contributed by atoms with van der Waals surface area (Å²) in [4.78, 5) is 18.7. The summed E-state index contributed by atoms with van der Waals surface area (Å²) in [5.74, 6) is 0.200. The van der Waals surface area contributed by atoms with Gasteiger partial charge in [0.05, 0.1) is 31.2 Å². The van der Waals surface area contributed by atoms with Crippen LogP contribution >= 0.6 is 0 Å². The summed E-state index contributed by atoms with van der Waals surface area (Å²) in [7, 11) is 1.37. The highest BCUT2D eigenvalue weighted by Crippen LogP contribution is 2.23. The van der Waals surface area contributed by atoms with Gasteiger partial charge in [0.1, 0.15) is 0 Å². The van der Waals surface area contributed by atoms with Gasteiger partial charge in [0.25, 0.3) is 0 Å². The number of esters is 1. The van der Waals surface area contributed by atoms with E-state index in [1.165, 1.54) is 39.5 Å². The molecular weight excluding hydrogens is 368 g/mol. The number of hydrogen-bond acceptors (Lipinski definition) is 6. The number of rotatable bonds is 7. The molecule has 1 aliphatic rings. The number of aromatic nitrogens is 3. The van der Waals surface area contributed by atoms with Crippen LogP contribution in [0.3, 0.4) is 0 Å². The molecule has 1 saturated heterocycles. The van der Waals surface area contributed by atoms with E-state index in [1.807, 2.05) is 24.3 Å². The normalized spacial score (nSPS) is 14.8. The summed E-state index contributed by atoms with van der Waals surface area (Å²) in [5, 5.41) is 4.59. The fourth-order valence-corrected chi connectivity index (χ4v) is 3.70. The zero-order chi connectivity index (χ0) is 20.1. The lowest BCUT2D eigenvalue weighted by Gasteiger charge is -2.26. The molecule has 0 saturated carbocycles. The fourth-order valence-electron chi connectivity index (χ4n) is 3.70. The van der Waals surface area contributed by atoms with E-state index in [4.69, 9.17) is 9.47 Å². The van der Waals surface area contributed by atoms with Crippen LogP contribution in [-0.2, 0) is 4.74 Å². The molecule has 4 rings (SSSR count). The van der Waals surface area contributed by atoms with Crippen LogP contribution in [0.5, 0.6) is 5.88 Å². The maximum atomic E-state index is 11.8. The van der Waals surface area contributed by atoms with Crippen LogP contribution in [0.25, 0.3) is 16.9 Å². The van der Waals surface area contributed by atoms with Gasteiger partial charge in [0, 0.05) is 18.2 Å². The lowest BCUT2D eigenvalue weighted by Crippen LogP contribution is -2.31. The molecule has 0 radical (unpaired) electrons. The van der Waals surface area contributed by atoms with E-state index in [9.17, 15) is 4.79 Å². The van der Waals surface area contributed by atoms with E-state index in [0.29, 0.717) is 18.1 Å². The number of hydrogen-bond donors (Lipinski definition) is 0. The van der Waals surface area contributed by atoms with Crippen LogP contribution in [0.4, 0.5) is 0 Å². The molecule has 152 valence electrons. The number of piperidine rings is 1. The number of imidazole rings is 1. The second kappa shape index (κ2) is 9.05. The first-order valence-electron chi connectivity index (χ1n) is 10.1. The lowest BCUT2D eigenvalue weighted by atomic mass is 10.1. The van der Waals surface area contributed by atoms with Crippen LogP contribution in [0, 0.1) is 0 Å². The molecule has 3 heterocycles. The van der Waals surface area contributed by atoms with E-state index < -0.39 is 0 Å². The molecule has 0 aliphatic carbocycles. The lowest BCUT2D eigenvalue weighted by molar-refractivity contribution is 0.0601. The van der Waals surface area contributed by atoms with Crippen molar-refractivity contribution in [1.29, 1.82) is 0 Å². The first-order chi connectivity index (χ1) is 14.2. The Balaban J connectivity index is 1.46. The second-order valence-electron chi connectivity index (χ2n) is 7.26. The van der Waals surface area contributed by atoms with Gasteiger partial charge in [-0.15, -0.1) is 5.10 Å². The smallest absolute Gasteiger partial charge is 0.337 e. The van der Waals surface area contributed by atoms with Crippen molar-refractivity contribution in [2.75, 3.05) is 33.4 Å². The van der Waals surface area contributed by atoms with Crippen molar-refractivity contribution in [3.63, 3.8) is 0 Å². The SMILES string of the molecule is COC(=O)c1cccc(-c2cnc3ccc(OCCCN4CCCCC4)nn23)c1. The summed E-state index contributed by atoms with van der Waals surface area (Å²) in [5.41, 5.74) is 2.86. The van der Waals surface area contributed by atoms with E-state index in [1.54, 1.807) is 22.8 Å². The first kappa shape index (κ1) is 19.4. The molecule has 1 fully saturated rings. The summed E-state index contributed by atoms with van der Waals surface area (Å²) >= 11 is 0. The van der Waals surface area contributed by atoms with Crippen LogP contribution in [-0.4, -0.2) is 58.8 Å². The third kappa shape index (κ3) is 4.56. The molecule has 7 nitrogen and oxygen atoms in total. The number of benzene rings is 1. The summed E-state index contributed by atoms with van der Waals surface area (Å²) < 4.78 is 12.4. The highest BCUT2D eigenvalue weighted by atomic mass is 16.5. The number of fused-ring (bicyclic) bond motifs is 1. The summed E-state index contributed by atoms with van der Waals surface area (Å²) in [6.07, 6.45) is 6.70. The van der Waals surface area contributed by atoms with Gasteiger partial charge in [-0.3, -0.25) is 0 Å². The van der Waals surface area contributed by atoms with Crippen LogP contribution in [0.1, 0.15) is 36.0 Å². The van der Waals surface area contributed by atoms with Gasteiger partial charge in [-0.25, -0.2) is 14.3 Å². The molecule has 3 aromatic rings. The molecule has 0 atom stereocenters. The quantitative estimate of drug-likeness (QED) is 0.452. The minimum absolute atomic E-state index is 0.369. The van der Waals surface area contributed by atoms with E-state index in [2.05, 4.69) is 15.0 Å². The molecule has 29 heavy (non-hydrogen) atoms. The number of carbonyl (C=O) groups excluding carboxylic acids is 1. The third-order valence-electron chi connectivity index (χ3n) is 5.23. The topological polar surface area (TPSA) is 69.0 Å². The van der Waals surface area contributed by atoms with Crippen LogP contribution < -0.4 is 4.74 Å². The Bertz CT molecular complexity index is 979. The Hall–Kier alpha value is -2.93. The molecule has 1 aliphatic heterocycles. The monoisotopic (exact) mass is 394 g/mol. The molecule has 0 unspecified atom stereocenters. The Labute approximate surface area is 170 Å². The molecule has 0 amide bonds. The zero-order valence-electron chi connectivity index (χ0n) is 16.7. The number of ether oxygens (including phenoxy) is 2. The van der Waals surface area contributed by atoms with Gasteiger partial charge in [-0.2, -0.15) is 0 Å². The van der Waals surface area contributed by atoms with E-state index in [0.717, 1.165) is 29.9 Å². The number of likely N-dealkylation sites (tertiary alicyclic amines) is 1. The predicted molar refractivity (Wildman–Crippen MR) is 110 cm³/mol. The van der Waals surface area contributed by atoms with Crippen LogP contribution in [0.15, 0.2) is 42.6 Å². The molecule has 7 heteroatoms. The first-order valence-corrected chi connectivity index (χ1v) is 10.1. The average Bonchev–Trinajstić information content (AvgIpc) is 3.20. The predicted octanol–water partition coefficient (Wildman–Crippen LogP) is 3.44.